The van der Waals surface area contributed by atoms with Gasteiger partial charge in [0, 0.05) is 29.6 Å². The number of nitrogens with zero attached hydrogens (tertiary/aromatic N) is 2. The Kier molecular flexibility index (Phi) is 3.86. The van der Waals surface area contributed by atoms with Crippen LogP contribution in [-0.2, 0) is 11.3 Å². The van der Waals surface area contributed by atoms with Gasteiger partial charge in [-0.1, -0.05) is 20.8 Å². The fraction of sp³-hybridized carbons (Fsp3) is 0.667. The molecule has 1 aliphatic heterocycles. The molecule has 18 heavy (non-hydrogen) atoms. The lowest BCUT2D eigenvalue weighted by Crippen LogP contribution is -2.28. The van der Waals surface area contributed by atoms with Gasteiger partial charge in [-0.15, -0.1) is 11.6 Å². The number of pyridine rings is 1. The third-order valence-electron chi connectivity index (χ3n) is 3.64. The van der Waals surface area contributed by atoms with E-state index in [-0.39, 0.29) is 5.41 Å². The van der Waals surface area contributed by atoms with Crippen LogP contribution in [0.4, 0.5) is 5.82 Å². The first-order valence-electron chi connectivity index (χ1n) is 6.76. The highest BCUT2D eigenvalue weighted by Gasteiger charge is 2.24. The van der Waals surface area contributed by atoms with Gasteiger partial charge < -0.3 is 4.90 Å². The Morgan fingerprint density at radius 1 is 1.39 bits per heavy atom. The Labute approximate surface area is 115 Å². The lowest BCUT2D eigenvalue weighted by atomic mass is 9.91. The zero-order valence-corrected chi connectivity index (χ0v) is 12.6. The van der Waals surface area contributed by atoms with Crippen LogP contribution < -0.4 is 4.90 Å². The van der Waals surface area contributed by atoms with E-state index in [4.69, 9.17) is 16.6 Å². The maximum atomic E-state index is 6.02. The quantitative estimate of drug-likeness (QED) is 0.749. The summed E-state index contributed by atoms with van der Waals surface area (Å²) in [5.41, 5.74) is 2.38. The van der Waals surface area contributed by atoms with Crippen LogP contribution >= 0.6 is 11.6 Å². The first-order valence-corrected chi connectivity index (χ1v) is 7.29. The van der Waals surface area contributed by atoms with Crippen molar-refractivity contribution in [1.82, 2.24) is 4.98 Å². The zero-order valence-electron chi connectivity index (χ0n) is 11.8. The molecule has 1 fully saturated rings. The van der Waals surface area contributed by atoms with Crippen molar-refractivity contribution < 1.29 is 0 Å². The third-order valence-corrected chi connectivity index (χ3v) is 3.95. The molecule has 0 aromatic carbocycles. The topological polar surface area (TPSA) is 16.1 Å². The van der Waals surface area contributed by atoms with Gasteiger partial charge in [-0.3, -0.25) is 0 Å². The predicted octanol–water partition coefficient (Wildman–Crippen LogP) is 4.11. The average Bonchev–Trinajstić information content (AvgIpc) is 2.73. The molecule has 1 atom stereocenters. The number of alkyl halides is 1. The summed E-state index contributed by atoms with van der Waals surface area (Å²) < 4.78 is 0. The molecule has 1 aromatic heterocycles. The fourth-order valence-electron chi connectivity index (χ4n) is 2.45. The molecule has 0 N–H and O–H groups in total. The molecule has 2 heterocycles. The summed E-state index contributed by atoms with van der Waals surface area (Å²) in [5.74, 6) is 1.66. The molecule has 2 nitrogen and oxygen atoms in total. The summed E-state index contributed by atoms with van der Waals surface area (Å²) in [4.78, 5) is 7.26. The lowest BCUT2D eigenvalue weighted by Gasteiger charge is -2.26. The summed E-state index contributed by atoms with van der Waals surface area (Å²) in [5, 5.41) is 0. The Morgan fingerprint density at radius 3 is 2.61 bits per heavy atom. The number of halogens is 1. The fourth-order valence-corrected chi connectivity index (χ4v) is 2.61. The minimum atomic E-state index is 0.0692. The van der Waals surface area contributed by atoms with Gasteiger partial charge in [-0.25, -0.2) is 4.98 Å². The molecule has 2 rings (SSSR count). The zero-order chi connectivity index (χ0) is 13.3. The molecule has 3 heteroatoms. The van der Waals surface area contributed by atoms with Crippen LogP contribution in [0.15, 0.2) is 12.1 Å². The van der Waals surface area contributed by atoms with Crippen molar-refractivity contribution in [3.8, 4) is 0 Å². The van der Waals surface area contributed by atoms with Crippen LogP contribution in [-0.4, -0.2) is 17.6 Å². The van der Waals surface area contributed by atoms with Gasteiger partial charge in [-0.2, -0.15) is 0 Å². The van der Waals surface area contributed by atoms with E-state index in [9.17, 15) is 0 Å². The maximum Gasteiger partial charge on any atom is 0.129 e. The van der Waals surface area contributed by atoms with E-state index < -0.39 is 0 Å². The molecule has 1 saturated heterocycles. The van der Waals surface area contributed by atoms with Gasteiger partial charge in [-0.05, 0) is 37.5 Å². The van der Waals surface area contributed by atoms with E-state index in [1.165, 1.54) is 18.4 Å². The molecule has 0 amide bonds. The molecule has 0 spiro atoms. The summed E-state index contributed by atoms with van der Waals surface area (Å²) in [6.45, 7) is 9.99. The average molecular weight is 267 g/mol. The number of hydrogen-bond donors (Lipinski definition) is 0. The van der Waals surface area contributed by atoms with E-state index in [0.717, 1.165) is 18.1 Å². The van der Waals surface area contributed by atoms with Crippen molar-refractivity contribution in [2.24, 2.45) is 0 Å². The minimum Gasteiger partial charge on any atom is -0.354 e. The van der Waals surface area contributed by atoms with Crippen molar-refractivity contribution in [2.45, 2.75) is 57.9 Å². The summed E-state index contributed by atoms with van der Waals surface area (Å²) >= 11 is 6.02. The van der Waals surface area contributed by atoms with Gasteiger partial charge in [0.25, 0.3) is 0 Å². The minimum absolute atomic E-state index is 0.0692. The highest BCUT2D eigenvalue weighted by atomic mass is 35.5. The molecule has 0 saturated carbocycles. The number of rotatable bonds is 2. The normalized spacial score (nSPS) is 20.5. The number of anilines is 1. The predicted molar refractivity (Wildman–Crippen MR) is 78.5 cm³/mol. The van der Waals surface area contributed by atoms with E-state index in [1.807, 2.05) is 0 Å². The van der Waals surface area contributed by atoms with Crippen LogP contribution in [0.3, 0.4) is 0 Å². The standard InChI is InChI=1S/C15H23ClN2/c1-11-6-5-7-18(11)14-9-12(10-16)8-13(17-14)15(2,3)4/h8-9,11H,5-7,10H2,1-4H3. The van der Waals surface area contributed by atoms with Crippen LogP contribution in [0.5, 0.6) is 0 Å². The molecule has 100 valence electrons. The van der Waals surface area contributed by atoms with Crippen molar-refractivity contribution in [3.63, 3.8) is 0 Å². The smallest absolute Gasteiger partial charge is 0.129 e. The molecule has 0 aliphatic carbocycles. The van der Waals surface area contributed by atoms with Crippen LogP contribution in [0.25, 0.3) is 0 Å². The van der Waals surface area contributed by atoms with Gasteiger partial charge in [0.1, 0.15) is 5.82 Å². The summed E-state index contributed by atoms with van der Waals surface area (Å²) in [7, 11) is 0. The lowest BCUT2D eigenvalue weighted by molar-refractivity contribution is 0.566. The summed E-state index contributed by atoms with van der Waals surface area (Å²) in [6.07, 6.45) is 2.52. The van der Waals surface area contributed by atoms with E-state index in [1.54, 1.807) is 0 Å². The SMILES string of the molecule is CC1CCCN1c1cc(CCl)cc(C(C)(C)C)n1. The van der Waals surface area contributed by atoms with Crippen molar-refractivity contribution >= 4 is 17.4 Å². The van der Waals surface area contributed by atoms with Crippen LogP contribution in [0.2, 0.25) is 0 Å². The first-order chi connectivity index (χ1) is 8.41. The summed E-state index contributed by atoms with van der Waals surface area (Å²) in [6, 6.07) is 4.87. The molecule has 0 radical (unpaired) electrons. The highest BCUT2D eigenvalue weighted by Crippen LogP contribution is 2.29. The molecule has 0 bridgehead atoms. The van der Waals surface area contributed by atoms with Gasteiger partial charge in [0.05, 0.1) is 0 Å². The van der Waals surface area contributed by atoms with Crippen LogP contribution in [0, 0.1) is 0 Å². The van der Waals surface area contributed by atoms with Crippen molar-refractivity contribution in [3.05, 3.63) is 23.4 Å². The van der Waals surface area contributed by atoms with Gasteiger partial charge in [0.15, 0.2) is 0 Å². The molecular weight excluding hydrogens is 244 g/mol. The molecule has 1 unspecified atom stereocenters. The second kappa shape index (κ2) is 5.08. The molecule has 1 aromatic rings. The second-order valence-electron chi connectivity index (χ2n) is 6.29. The molecular formula is C15H23ClN2. The third kappa shape index (κ3) is 2.80. The van der Waals surface area contributed by atoms with E-state index >= 15 is 0 Å². The van der Waals surface area contributed by atoms with Gasteiger partial charge >= 0.3 is 0 Å². The molecule has 1 aliphatic rings. The maximum absolute atomic E-state index is 6.02. The van der Waals surface area contributed by atoms with Crippen molar-refractivity contribution in [2.75, 3.05) is 11.4 Å². The monoisotopic (exact) mass is 266 g/mol. The van der Waals surface area contributed by atoms with Crippen molar-refractivity contribution in [1.29, 1.82) is 0 Å². The van der Waals surface area contributed by atoms with Gasteiger partial charge in [0.2, 0.25) is 0 Å². The second-order valence-corrected chi connectivity index (χ2v) is 6.55. The van der Waals surface area contributed by atoms with Crippen LogP contribution in [0.1, 0.15) is 51.8 Å². The Balaban J connectivity index is 2.41. The van der Waals surface area contributed by atoms with E-state index in [2.05, 4.69) is 44.7 Å². The Bertz CT molecular complexity index is 423. The highest BCUT2D eigenvalue weighted by molar-refractivity contribution is 6.17. The number of hydrogen-bond acceptors (Lipinski definition) is 2. The first kappa shape index (κ1) is 13.7. The van der Waals surface area contributed by atoms with E-state index in [0.29, 0.717) is 11.9 Å². The number of aromatic nitrogens is 1. The Morgan fingerprint density at radius 2 is 2.11 bits per heavy atom. The Hall–Kier alpha value is -0.760. The largest absolute Gasteiger partial charge is 0.354 e.